The molecule has 138 heavy (non-hydrogen) atoms. The monoisotopic (exact) mass is 1750 g/mol. The van der Waals surface area contributed by atoms with E-state index in [2.05, 4.69) is 514 Å². The molecule has 0 unspecified atom stereocenters. The number of benzene rings is 21. The zero-order valence-electron chi connectivity index (χ0n) is 75.0. The van der Waals surface area contributed by atoms with Crippen LogP contribution in [0.2, 0.25) is 0 Å². The van der Waals surface area contributed by atoms with Gasteiger partial charge in [-0.15, -0.1) is 0 Å². The highest BCUT2D eigenvalue weighted by atomic mass is 16.5. The third-order valence-corrected chi connectivity index (χ3v) is 30.6. The minimum absolute atomic E-state index is 0.205. The molecule has 0 spiro atoms. The van der Waals surface area contributed by atoms with Crippen LogP contribution < -0.4 is 105 Å². The molecule has 0 bridgehead atoms. The third kappa shape index (κ3) is 11.2. The predicted molar refractivity (Wildman–Crippen MR) is 581 cm³/mol. The van der Waals surface area contributed by atoms with E-state index in [9.17, 15) is 0 Å². The fourth-order valence-corrected chi connectivity index (χ4v) is 24.7. The van der Waals surface area contributed by atoms with Crippen LogP contribution in [0.3, 0.4) is 0 Å². The van der Waals surface area contributed by atoms with E-state index in [1.54, 1.807) is 0 Å². The number of hydrogen-bond donors (Lipinski definition) is 0. The van der Waals surface area contributed by atoms with Crippen molar-refractivity contribution in [3.05, 3.63) is 479 Å². The molecule has 0 radical (unpaired) electrons. The molecule has 21 aromatic rings. The van der Waals surface area contributed by atoms with Crippen molar-refractivity contribution in [3.8, 4) is 78.3 Å². The molecule has 21 aromatic carbocycles. The Morgan fingerprint density at radius 2 is 0.341 bits per heavy atom. The largest absolute Gasteiger partial charge is 0.453 e. The summed E-state index contributed by atoms with van der Waals surface area (Å²) in [7, 11) is 0. The number of nitrogens with zero attached hydrogens (tertiary/aromatic N) is 7. The van der Waals surface area contributed by atoms with Crippen LogP contribution in [0, 0.1) is 0 Å². The molecule has 9 aliphatic heterocycles. The first-order valence-electron chi connectivity index (χ1n) is 48.0. The summed E-state index contributed by atoms with van der Waals surface area (Å²) in [5.41, 5.74) is 52.1. The van der Waals surface area contributed by atoms with Gasteiger partial charge in [0, 0.05) is 108 Å². The molecule has 0 amide bonds. The van der Waals surface area contributed by atoms with Gasteiger partial charge in [-0.25, -0.2) is 0 Å². The standard InChI is InChI=1S/C126H79B4N7O/c1-7-27-80(28-8-1)86-51-63-92(64-52-86)131-106-43-21-19-39-98(106)127-102-75-104-114(77-112(102)133(110-47-25-45-108(131)120(110)127)94-67-55-88(56-68-94)82-31-11-3-12-32-82)135(96-71-59-90(60-72-96)84-35-15-5-16-36-84)116-79-117-123-126-122(116)129(104)100-41-23-49-118-124(100)137(126)125-101(42-24-50-119(125)138-118)130(123)105-76-103-113(78-115(105)136(117)97-73-61-91(62-74-97)85-37-17-6-18-38-85)134(95-69-57-89(58-70-95)83-33-13-4-14-34-83)111-48-26-46-109-121(111)128(103)99-40-20-22-44-107(99)132(109)93-65-53-87(54-66-93)81-29-9-2-10-30-81/h1-79H. The maximum absolute atomic E-state index is 7.70. The molecule has 0 saturated carbocycles. The van der Waals surface area contributed by atoms with Crippen molar-refractivity contribution in [2.75, 3.05) is 34.3 Å². The number of fused-ring (bicyclic) bond motifs is 14. The molecule has 0 N–H and O–H groups in total. The minimum atomic E-state index is -0.326. The van der Waals surface area contributed by atoms with Gasteiger partial charge in [-0.05, 0) is 272 Å². The Bertz CT molecular complexity index is 8120. The van der Waals surface area contributed by atoms with Crippen molar-refractivity contribution in [2.45, 2.75) is 0 Å². The fourth-order valence-electron chi connectivity index (χ4n) is 24.7. The van der Waals surface area contributed by atoms with E-state index in [0.29, 0.717) is 0 Å². The summed E-state index contributed by atoms with van der Waals surface area (Å²) in [4.78, 5) is 18.3. The van der Waals surface area contributed by atoms with Gasteiger partial charge in [0.05, 0.1) is 11.4 Å². The van der Waals surface area contributed by atoms with E-state index in [0.717, 1.165) is 159 Å². The van der Waals surface area contributed by atoms with Crippen LogP contribution in [0.1, 0.15) is 0 Å². The lowest BCUT2D eigenvalue weighted by Gasteiger charge is -2.53. The smallest absolute Gasteiger partial charge is 0.252 e. The zero-order valence-corrected chi connectivity index (χ0v) is 75.0. The maximum Gasteiger partial charge on any atom is 0.252 e. The summed E-state index contributed by atoms with van der Waals surface area (Å²) in [5, 5.41) is 0. The Hall–Kier alpha value is -17.7. The van der Waals surface area contributed by atoms with Gasteiger partial charge < -0.3 is 39.0 Å². The molecule has 0 atom stereocenters. The molecule has 8 nitrogen and oxygen atoms in total. The average molecular weight is 1750 g/mol. The molecule has 30 rings (SSSR count). The molecule has 0 aromatic heterocycles. The van der Waals surface area contributed by atoms with Crippen LogP contribution in [0.25, 0.3) is 66.8 Å². The average Bonchev–Trinajstić information content (AvgIpc) is 0.653. The summed E-state index contributed by atoms with van der Waals surface area (Å²) in [6, 6.07) is 180. The van der Waals surface area contributed by atoms with Crippen LogP contribution in [0.5, 0.6) is 11.5 Å². The van der Waals surface area contributed by atoms with Crippen molar-refractivity contribution in [1.29, 1.82) is 0 Å². The third-order valence-electron chi connectivity index (χ3n) is 30.6. The van der Waals surface area contributed by atoms with E-state index >= 15 is 0 Å². The molecule has 12 heteroatoms. The molecule has 636 valence electrons. The molecular formula is C126H79B4N7O. The number of rotatable bonds is 12. The van der Waals surface area contributed by atoms with Gasteiger partial charge in [-0.1, -0.05) is 340 Å². The Morgan fingerprint density at radius 3 is 0.623 bits per heavy atom. The van der Waals surface area contributed by atoms with E-state index in [1.807, 2.05) is 0 Å². The molecule has 9 heterocycles. The van der Waals surface area contributed by atoms with Gasteiger partial charge in [0.2, 0.25) is 0 Å². The molecule has 0 fully saturated rings. The Morgan fingerprint density at radius 1 is 0.130 bits per heavy atom. The van der Waals surface area contributed by atoms with Crippen LogP contribution in [-0.2, 0) is 0 Å². The Kier molecular flexibility index (Phi) is 16.6. The fraction of sp³-hybridized carbons (Fsp3) is 0. The summed E-state index contributed by atoms with van der Waals surface area (Å²) >= 11 is 0. The number of para-hydroxylation sites is 4. The summed E-state index contributed by atoms with van der Waals surface area (Å²) in [6.07, 6.45) is 0. The number of hydrogen-bond acceptors (Lipinski definition) is 8. The lowest BCUT2D eigenvalue weighted by molar-refractivity contribution is 0.478. The van der Waals surface area contributed by atoms with Crippen LogP contribution in [0.4, 0.5) is 119 Å². The highest BCUT2D eigenvalue weighted by Gasteiger charge is 2.57. The van der Waals surface area contributed by atoms with Gasteiger partial charge in [-0.2, -0.15) is 0 Å². The highest BCUT2D eigenvalue weighted by molar-refractivity contribution is 7.07. The van der Waals surface area contributed by atoms with E-state index < -0.39 is 0 Å². The van der Waals surface area contributed by atoms with Crippen molar-refractivity contribution in [3.63, 3.8) is 0 Å². The molecular weight excluding hydrogens is 1670 g/mol. The van der Waals surface area contributed by atoms with Crippen molar-refractivity contribution >= 4 is 212 Å². The lowest BCUT2D eigenvalue weighted by atomic mass is 9.27. The van der Waals surface area contributed by atoms with Crippen molar-refractivity contribution in [2.24, 2.45) is 0 Å². The lowest BCUT2D eigenvalue weighted by Crippen LogP contribution is -2.70. The predicted octanol–water partition coefficient (Wildman–Crippen LogP) is 24.7. The first-order valence-corrected chi connectivity index (χ1v) is 48.0. The second-order valence-corrected chi connectivity index (χ2v) is 37.6. The first kappa shape index (κ1) is 76.8. The summed E-state index contributed by atoms with van der Waals surface area (Å²) in [6.45, 7) is -1.06. The summed E-state index contributed by atoms with van der Waals surface area (Å²) in [5.74, 6) is 1.67. The van der Waals surface area contributed by atoms with E-state index in [1.165, 1.54) is 105 Å². The van der Waals surface area contributed by atoms with Crippen LogP contribution >= 0.6 is 0 Å². The maximum atomic E-state index is 7.70. The van der Waals surface area contributed by atoms with Crippen LogP contribution in [0.15, 0.2) is 479 Å². The molecule has 0 aliphatic carbocycles. The number of anilines is 21. The Labute approximate surface area is 802 Å². The quantitative estimate of drug-likeness (QED) is 0.112. The number of ether oxygens (including phenoxy) is 1. The zero-order chi connectivity index (χ0) is 90.1. The SMILES string of the molecule is c1ccc(-c2ccc(N3c4ccccc4B4c5cc6c(cc5N(c5ccc(-c7ccccc7)cc5)c5cccc3c54)N(c3ccc(-c4ccccc4)cc3)c3cc4c5c7c3B6c3cccc6c3N7c3c(cccc3B5c3cc5c(cc3N4c3ccc(-c4ccccc4)cc3)N(c3ccc(-c4ccccc4)cc3)c3cccc4c3B5c3ccccc3N4c3ccc(-c4ccccc4)cc3)O6)cc2)cc1. The molecule has 9 aliphatic rings. The van der Waals surface area contributed by atoms with E-state index in [-0.39, 0.29) is 26.9 Å². The van der Waals surface area contributed by atoms with Gasteiger partial charge in [-0.3, -0.25) is 0 Å². The van der Waals surface area contributed by atoms with Gasteiger partial charge in [0.25, 0.3) is 26.9 Å². The second-order valence-electron chi connectivity index (χ2n) is 37.6. The van der Waals surface area contributed by atoms with Crippen molar-refractivity contribution < 1.29 is 4.74 Å². The highest BCUT2D eigenvalue weighted by Crippen LogP contribution is 2.59. The minimum Gasteiger partial charge on any atom is -0.453 e. The summed E-state index contributed by atoms with van der Waals surface area (Å²) < 4.78 is 7.70. The normalized spacial score (nSPS) is 13.7. The van der Waals surface area contributed by atoms with Crippen LogP contribution in [-0.4, -0.2) is 26.9 Å². The van der Waals surface area contributed by atoms with Crippen molar-refractivity contribution in [1.82, 2.24) is 0 Å². The van der Waals surface area contributed by atoms with Gasteiger partial charge >= 0.3 is 0 Å². The Balaban J connectivity index is 0.693. The second kappa shape index (κ2) is 29.9. The molecule has 0 saturated heterocycles. The topological polar surface area (TPSA) is 31.9 Å². The first-order chi connectivity index (χ1) is 68.5. The van der Waals surface area contributed by atoms with E-state index in [4.69, 9.17) is 4.74 Å². The van der Waals surface area contributed by atoms with Gasteiger partial charge in [0.1, 0.15) is 0 Å². The van der Waals surface area contributed by atoms with Gasteiger partial charge in [0.15, 0.2) is 11.5 Å².